The molecule has 0 bridgehead atoms. The number of nitrogens with zero attached hydrogens (tertiary/aromatic N) is 1. The van der Waals surface area contributed by atoms with Crippen LogP contribution in [0.5, 0.6) is 0 Å². The van der Waals surface area contributed by atoms with Crippen LogP contribution in [0.25, 0.3) is 0 Å². The molecule has 2 heterocycles. The van der Waals surface area contributed by atoms with Crippen LogP contribution in [0.4, 0.5) is 4.39 Å². The second-order valence-corrected chi connectivity index (χ2v) is 3.78. The minimum atomic E-state index is -0.535. The smallest absolute Gasteiger partial charge is 0.194 e. The summed E-state index contributed by atoms with van der Waals surface area (Å²) in [6.07, 6.45) is 4.65. The number of hydrogen-bond acceptors (Lipinski definition) is 3. The minimum Gasteiger partial charge on any atom is -0.449 e. The molecule has 78 valence electrons. The molecule has 0 saturated carbocycles. The minimum absolute atomic E-state index is 0.406. The number of aromatic nitrogens is 1. The lowest BCUT2D eigenvalue weighted by Crippen LogP contribution is -2.30. The molecule has 1 fully saturated rings. The van der Waals surface area contributed by atoms with E-state index >= 15 is 0 Å². The van der Waals surface area contributed by atoms with Crippen molar-refractivity contribution in [2.45, 2.75) is 25.9 Å². The quantitative estimate of drug-likeness (QED) is 0.803. The summed E-state index contributed by atoms with van der Waals surface area (Å²) in [5, 5.41) is 3.33. The van der Waals surface area contributed by atoms with Gasteiger partial charge in [-0.2, -0.15) is 0 Å². The van der Waals surface area contributed by atoms with E-state index in [0.717, 1.165) is 19.5 Å². The van der Waals surface area contributed by atoms with Gasteiger partial charge in [-0.1, -0.05) is 0 Å². The Morgan fingerprint density at radius 2 is 2.57 bits per heavy atom. The zero-order chi connectivity index (χ0) is 9.80. The van der Waals surface area contributed by atoms with E-state index in [0.29, 0.717) is 17.5 Å². The average Bonchev–Trinajstić information content (AvgIpc) is 2.67. The Kier molecular flexibility index (Phi) is 3.14. The molecule has 0 amide bonds. The van der Waals surface area contributed by atoms with Crippen molar-refractivity contribution in [2.75, 3.05) is 13.1 Å². The lowest BCUT2D eigenvalue weighted by molar-refractivity contribution is 0.345. The molecular formula is C10H15FN2O. The van der Waals surface area contributed by atoms with Crippen LogP contribution in [0, 0.1) is 5.92 Å². The molecular weight excluding hydrogens is 183 g/mol. The van der Waals surface area contributed by atoms with Crippen LogP contribution in [0.3, 0.4) is 0 Å². The Morgan fingerprint density at radius 1 is 1.64 bits per heavy atom. The zero-order valence-electron chi connectivity index (χ0n) is 8.13. The molecule has 3 nitrogen and oxygen atoms in total. The summed E-state index contributed by atoms with van der Waals surface area (Å²) in [5.41, 5.74) is 0.406. The molecule has 0 spiro atoms. The summed E-state index contributed by atoms with van der Waals surface area (Å²) >= 11 is 0. The van der Waals surface area contributed by atoms with E-state index in [9.17, 15) is 4.39 Å². The van der Waals surface area contributed by atoms with Crippen molar-refractivity contribution in [3.63, 3.8) is 0 Å². The number of oxazole rings is 1. The molecule has 0 aliphatic carbocycles. The number of alkyl halides is 1. The average molecular weight is 198 g/mol. The maximum atomic E-state index is 12.2. The summed E-state index contributed by atoms with van der Waals surface area (Å²) in [6, 6.07) is 0. The topological polar surface area (TPSA) is 38.1 Å². The highest BCUT2D eigenvalue weighted by molar-refractivity contribution is 4.96. The molecule has 1 aromatic heterocycles. The Morgan fingerprint density at radius 3 is 3.21 bits per heavy atom. The van der Waals surface area contributed by atoms with Crippen LogP contribution in [-0.4, -0.2) is 18.1 Å². The summed E-state index contributed by atoms with van der Waals surface area (Å²) in [6.45, 7) is 1.59. The Hall–Kier alpha value is -0.900. The van der Waals surface area contributed by atoms with Gasteiger partial charge in [0.15, 0.2) is 5.89 Å². The van der Waals surface area contributed by atoms with Gasteiger partial charge < -0.3 is 9.73 Å². The predicted octanol–water partition coefficient (Wildman–Crippen LogP) is 1.69. The molecule has 14 heavy (non-hydrogen) atoms. The highest BCUT2D eigenvalue weighted by Gasteiger charge is 2.16. The summed E-state index contributed by atoms with van der Waals surface area (Å²) in [7, 11) is 0. The van der Waals surface area contributed by atoms with Gasteiger partial charge in [-0.25, -0.2) is 9.37 Å². The van der Waals surface area contributed by atoms with Crippen molar-refractivity contribution in [3.05, 3.63) is 17.8 Å². The molecule has 1 aliphatic heterocycles. The van der Waals surface area contributed by atoms with Gasteiger partial charge in [-0.15, -0.1) is 0 Å². The Balaban J connectivity index is 1.89. The maximum Gasteiger partial charge on any atom is 0.194 e. The fourth-order valence-corrected chi connectivity index (χ4v) is 1.85. The van der Waals surface area contributed by atoms with E-state index in [1.165, 1.54) is 19.1 Å². The SMILES string of the molecule is FCc1coc(CC2CCCNC2)n1. The fourth-order valence-electron chi connectivity index (χ4n) is 1.85. The van der Waals surface area contributed by atoms with Gasteiger partial charge in [0, 0.05) is 6.42 Å². The van der Waals surface area contributed by atoms with Crippen molar-refractivity contribution in [2.24, 2.45) is 5.92 Å². The molecule has 1 saturated heterocycles. The van der Waals surface area contributed by atoms with Crippen molar-refractivity contribution in [1.82, 2.24) is 10.3 Å². The number of rotatable bonds is 3. The third-order valence-corrected chi connectivity index (χ3v) is 2.60. The Labute approximate surface area is 82.7 Å². The van der Waals surface area contributed by atoms with Crippen LogP contribution >= 0.6 is 0 Å². The van der Waals surface area contributed by atoms with Gasteiger partial charge in [0.1, 0.15) is 18.6 Å². The lowest BCUT2D eigenvalue weighted by Gasteiger charge is -2.21. The van der Waals surface area contributed by atoms with Crippen LogP contribution in [0.2, 0.25) is 0 Å². The molecule has 4 heteroatoms. The van der Waals surface area contributed by atoms with E-state index in [-0.39, 0.29) is 0 Å². The number of halogens is 1. The zero-order valence-corrected chi connectivity index (χ0v) is 8.13. The van der Waals surface area contributed by atoms with Gasteiger partial charge in [0.2, 0.25) is 0 Å². The van der Waals surface area contributed by atoms with Crippen LogP contribution in [0.1, 0.15) is 24.4 Å². The van der Waals surface area contributed by atoms with Crippen molar-refractivity contribution >= 4 is 0 Å². The third kappa shape index (κ3) is 2.32. The first-order valence-electron chi connectivity index (χ1n) is 5.08. The largest absolute Gasteiger partial charge is 0.449 e. The first-order valence-corrected chi connectivity index (χ1v) is 5.08. The highest BCUT2D eigenvalue weighted by Crippen LogP contribution is 2.16. The second kappa shape index (κ2) is 4.55. The lowest BCUT2D eigenvalue weighted by atomic mass is 9.96. The highest BCUT2D eigenvalue weighted by atomic mass is 19.1. The molecule has 0 radical (unpaired) electrons. The molecule has 1 atom stereocenters. The summed E-state index contributed by atoms with van der Waals surface area (Å²) < 4.78 is 17.4. The summed E-state index contributed by atoms with van der Waals surface area (Å²) in [4.78, 5) is 4.05. The molecule has 1 aromatic rings. The number of nitrogens with one attached hydrogen (secondary N) is 1. The Bertz CT molecular complexity index is 281. The van der Waals surface area contributed by atoms with E-state index in [1.54, 1.807) is 0 Å². The second-order valence-electron chi connectivity index (χ2n) is 3.78. The van der Waals surface area contributed by atoms with Gasteiger partial charge in [0.05, 0.1) is 0 Å². The van der Waals surface area contributed by atoms with Crippen molar-refractivity contribution < 1.29 is 8.81 Å². The number of hydrogen-bond donors (Lipinski definition) is 1. The van der Waals surface area contributed by atoms with Crippen LogP contribution < -0.4 is 5.32 Å². The van der Waals surface area contributed by atoms with Crippen LogP contribution in [0.15, 0.2) is 10.7 Å². The third-order valence-electron chi connectivity index (χ3n) is 2.60. The van der Waals surface area contributed by atoms with E-state index in [4.69, 9.17) is 4.42 Å². The van der Waals surface area contributed by atoms with Gasteiger partial charge >= 0.3 is 0 Å². The van der Waals surface area contributed by atoms with E-state index in [2.05, 4.69) is 10.3 Å². The van der Waals surface area contributed by atoms with Gasteiger partial charge in [-0.05, 0) is 31.8 Å². The fraction of sp³-hybridized carbons (Fsp3) is 0.700. The van der Waals surface area contributed by atoms with Crippen molar-refractivity contribution in [1.29, 1.82) is 0 Å². The van der Waals surface area contributed by atoms with E-state index in [1.807, 2.05) is 0 Å². The molecule has 2 rings (SSSR count). The summed E-state index contributed by atoms with van der Waals surface area (Å²) in [5.74, 6) is 1.27. The standard InChI is InChI=1S/C10H15FN2O/c11-5-9-7-14-10(13-9)4-8-2-1-3-12-6-8/h7-8,12H,1-6H2. The molecule has 1 unspecified atom stereocenters. The monoisotopic (exact) mass is 198 g/mol. The van der Waals surface area contributed by atoms with Gasteiger partial charge in [0.25, 0.3) is 0 Å². The maximum absolute atomic E-state index is 12.2. The predicted molar refractivity (Wildman–Crippen MR) is 50.6 cm³/mol. The molecule has 0 aromatic carbocycles. The van der Waals surface area contributed by atoms with Gasteiger partial charge in [-0.3, -0.25) is 0 Å². The normalized spacial score (nSPS) is 22.5. The number of piperidine rings is 1. The van der Waals surface area contributed by atoms with Crippen molar-refractivity contribution in [3.8, 4) is 0 Å². The van der Waals surface area contributed by atoms with E-state index < -0.39 is 6.67 Å². The first kappa shape index (κ1) is 9.65. The molecule has 1 N–H and O–H groups in total. The first-order chi connectivity index (χ1) is 6.88. The molecule has 1 aliphatic rings. The van der Waals surface area contributed by atoms with Crippen LogP contribution in [-0.2, 0) is 13.1 Å².